The molecule has 4 nitrogen and oxygen atoms in total. The molecule has 0 saturated heterocycles. The van der Waals surface area contributed by atoms with Gasteiger partial charge in [-0.15, -0.1) is 0 Å². The van der Waals surface area contributed by atoms with Gasteiger partial charge in [0, 0.05) is 12.7 Å². The van der Waals surface area contributed by atoms with Crippen molar-refractivity contribution in [2.75, 3.05) is 13.1 Å². The number of nitrogens with zero attached hydrogens (tertiary/aromatic N) is 1. The summed E-state index contributed by atoms with van der Waals surface area (Å²) in [4.78, 5) is 15.1. The van der Waals surface area contributed by atoms with Gasteiger partial charge >= 0.3 is 0 Å². The van der Waals surface area contributed by atoms with Gasteiger partial charge in [0.15, 0.2) is 5.82 Å². The van der Waals surface area contributed by atoms with Gasteiger partial charge in [0.25, 0.3) is 5.91 Å². The van der Waals surface area contributed by atoms with Crippen molar-refractivity contribution in [3.63, 3.8) is 0 Å². The molecule has 0 aliphatic heterocycles. The highest BCUT2D eigenvalue weighted by Gasteiger charge is 2.09. The van der Waals surface area contributed by atoms with Crippen LogP contribution in [-0.4, -0.2) is 24.0 Å². The molecule has 0 spiro atoms. The van der Waals surface area contributed by atoms with Crippen LogP contribution in [0, 0.1) is 5.82 Å². The lowest BCUT2D eigenvalue weighted by Crippen LogP contribution is -2.25. The lowest BCUT2D eigenvalue weighted by molar-refractivity contribution is 0.0948. The van der Waals surface area contributed by atoms with Crippen molar-refractivity contribution in [2.24, 2.45) is 5.73 Å². The second-order valence-electron chi connectivity index (χ2n) is 3.81. The molecule has 5 heteroatoms. The lowest BCUT2D eigenvalue weighted by Gasteiger charge is -2.05. The first-order chi connectivity index (χ1) is 8.25. The molecular formula is C12H18FN3O. The molecule has 3 N–H and O–H groups in total. The Hall–Kier alpha value is -1.49. The Morgan fingerprint density at radius 2 is 2.12 bits per heavy atom. The molecule has 1 heterocycles. The highest BCUT2D eigenvalue weighted by molar-refractivity contribution is 5.94. The zero-order valence-electron chi connectivity index (χ0n) is 9.79. The average molecular weight is 239 g/mol. The molecule has 0 saturated carbocycles. The molecule has 1 amide bonds. The molecule has 17 heavy (non-hydrogen) atoms. The third-order valence-electron chi connectivity index (χ3n) is 2.43. The van der Waals surface area contributed by atoms with E-state index in [1.807, 2.05) is 0 Å². The van der Waals surface area contributed by atoms with E-state index in [1.165, 1.54) is 12.3 Å². The molecule has 0 fully saturated rings. The number of pyridine rings is 1. The van der Waals surface area contributed by atoms with Crippen LogP contribution in [0.4, 0.5) is 4.39 Å². The standard InChI is InChI=1S/C12H18FN3O/c13-11-9-15-8-5-10(11)12(17)16-7-4-2-1-3-6-14/h5,8-9H,1-4,6-7,14H2,(H,16,17). The number of nitrogens with one attached hydrogen (secondary N) is 1. The normalized spacial score (nSPS) is 10.2. The first-order valence-corrected chi connectivity index (χ1v) is 5.83. The minimum Gasteiger partial charge on any atom is -0.352 e. The number of hydrogen-bond donors (Lipinski definition) is 2. The summed E-state index contributed by atoms with van der Waals surface area (Å²) in [5, 5.41) is 2.68. The summed E-state index contributed by atoms with van der Waals surface area (Å²) in [5.74, 6) is -0.975. The van der Waals surface area contributed by atoms with Crippen molar-refractivity contribution in [3.05, 3.63) is 29.8 Å². The van der Waals surface area contributed by atoms with E-state index in [0.717, 1.165) is 31.9 Å². The van der Waals surface area contributed by atoms with Crippen LogP contribution in [0.5, 0.6) is 0 Å². The molecule has 1 aromatic heterocycles. The number of aromatic nitrogens is 1. The lowest BCUT2D eigenvalue weighted by atomic mass is 10.2. The Balaban J connectivity index is 2.24. The number of halogens is 1. The number of nitrogens with two attached hydrogens (primary N) is 1. The molecule has 0 bridgehead atoms. The molecule has 1 rings (SSSR count). The van der Waals surface area contributed by atoms with Gasteiger partial charge in [-0.05, 0) is 25.5 Å². The Morgan fingerprint density at radius 3 is 2.82 bits per heavy atom. The quantitative estimate of drug-likeness (QED) is 0.708. The number of unbranched alkanes of at least 4 members (excludes halogenated alkanes) is 3. The van der Waals surface area contributed by atoms with Crippen LogP contribution in [0.2, 0.25) is 0 Å². The molecule has 1 aromatic rings. The fourth-order valence-corrected chi connectivity index (χ4v) is 1.48. The molecule has 0 aliphatic rings. The van der Waals surface area contributed by atoms with Gasteiger partial charge in [0.1, 0.15) is 0 Å². The van der Waals surface area contributed by atoms with Crippen LogP contribution in [0.15, 0.2) is 18.5 Å². The van der Waals surface area contributed by atoms with Crippen molar-refractivity contribution >= 4 is 5.91 Å². The summed E-state index contributed by atoms with van der Waals surface area (Å²) < 4.78 is 13.2. The largest absolute Gasteiger partial charge is 0.352 e. The van der Waals surface area contributed by atoms with Gasteiger partial charge in [-0.3, -0.25) is 9.78 Å². The van der Waals surface area contributed by atoms with E-state index in [-0.39, 0.29) is 11.5 Å². The minimum absolute atomic E-state index is 0.0435. The Bertz CT molecular complexity index is 357. The highest BCUT2D eigenvalue weighted by Crippen LogP contribution is 2.04. The number of carbonyl (C=O) groups is 1. The van der Waals surface area contributed by atoms with Crippen LogP contribution in [0.25, 0.3) is 0 Å². The van der Waals surface area contributed by atoms with E-state index >= 15 is 0 Å². The van der Waals surface area contributed by atoms with Gasteiger partial charge in [-0.1, -0.05) is 12.8 Å². The molecule has 94 valence electrons. The van der Waals surface area contributed by atoms with E-state index in [9.17, 15) is 9.18 Å². The van der Waals surface area contributed by atoms with E-state index in [4.69, 9.17) is 5.73 Å². The van der Waals surface area contributed by atoms with Gasteiger partial charge in [0.2, 0.25) is 0 Å². The Labute approximate surface area is 100 Å². The average Bonchev–Trinajstić information content (AvgIpc) is 2.34. The molecule has 0 aliphatic carbocycles. The van der Waals surface area contributed by atoms with Crippen molar-refractivity contribution in [1.82, 2.24) is 10.3 Å². The summed E-state index contributed by atoms with van der Waals surface area (Å²) in [5.41, 5.74) is 5.41. The third kappa shape index (κ3) is 4.91. The van der Waals surface area contributed by atoms with Crippen molar-refractivity contribution < 1.29 is 9.18 Å². The van der Waals surface area contributed by atoms with Crippen LogP contribution < -0.4 is 11.1 Å². The van der Waals surface area contributed by atoms with Gasteiger partial charge in [0.05, 0.1) is 11.8 Å². The summed E-state index contributed by atoms with van der Waals surface area (Å²) in [6, 6.07) is 1.37. The number of amides is 1. The van der Waals surface area contributed by atoms with Crippen molar-refractivity contribution in [2.45, 2.75) is 25.7 Å². The van der Waals surface area contributed by atoms with E-state index in [2.05, 4.69) is 10.3 Å². The molecule has 0 atom stereocenters. The van der Waals surface area contributed by atoms with E-state index in [0.29, 0.717) is 13.1 Å². The van der Waals surface area contributed by atoms with Crippen molar-refractivity contribution in [3.8, 4) is 0 Å². The second-order valence-corrected chi connectivity index (χ2v) is 3.81. The zero-order chi connectivity index (χ0) is 12.5. The summed E-state index contributed by atoms with van der Waals surface area (Å²) in [6.45, 7) is 1.26. The van der Waals surface area contributed by atoms with Crippen LogP contribution >= 0.6 is 0 Å². The van der Waals surface area contributed by atoms with Gasteiger partial charge < -0.3 is 11.1 Å². The number of rotatable bonds is 7. The fraction of sp³-hybridized carbons (Fsp3) is 0.500. The number of hydrogen-bond acceptors (Lipinski definition) is 3. The Morgan fingerprint density at radius 1 is 1.35 bits per heavy atom. The topological polar surface area (TPSA) is 68.0 Å². The smallest absolute Gasteiger partial charge is 0.254 e. The Kier molecular flexibility index (Phi) is 6.17. The fourth-order valence-electron chi connectivity index (χ4n) is 1.48. The molecule has 0 aromatic carbocycles. The summed E-state index contributed by atoms with van der Waals surface area (Å²) in [7, 11) is 0. The van der Waals surface area contributed by atoms with Crippen LogP contribution in [0.3, 0.4) is 0 Å². The maximum absolute atomic E-state index is 13.2. The van der Waals surface area contributed by atoms with Crippen molar-refractivity contribution in [1.29, 1.82) is 0 Å². The zero-order valence-corrected chi connectivity index (χ0v) is 9.79. The van der Waals surface area contributed by atoms with Gasteiger partial charge in [-0.25, -0.2) is 4.39 Å². The molecule has 0 unspecified atom stereocenters. The van der Waals surface area contributed by atoms with Gasteiger partial charge in [-0.2, -0.15) is 0 Å². The maximum atomic E-state index is 13.2. The SMILES string of the molecule is NCCCCCCNC(=O)c1ccncc1F. The second kappa shape index (κ2) is 7.73. The minimum atomic E-state index is -0.590. The maximum Gasteiger partial charge on any atom is 0.254 e. The first-order valence-electron chi connectivity index (χ1n) is 5.83. The highest BCUT2D eigenvalue weighted by atomic mass is 19.1. The predicted octanol–water partition coefficient (Wildman–Crippen LogP) is 1.47. The monoisotopic (exact) mass is 239 g/mol. The molecular weight excluding hydrogens is 221 g/mol. The molecule has 0 radical (unpaired) electrons. The summed E-state index contributed by atoms with van der Waals surface area (Å²) in [6.07, 6.45) is 6.42. The van der Waals surface area contributed by atoms with E-state index < -0.39 is 5.82 Å². The van der Waals surface area contributed by atoms with E-state index in [1.54, 1.807) is 0 Å². The summed E-state index contributed by atoms with van der Waals surface area (Å²) >= 11 is 0. The predicted molar refractivity (Wildman–Crippen MR) is 64.1 cm³/mol. The third-order valence-corrected chi connectivity index (χ3v) is 2.43. The van der Waals surface area contributed by atoms with Crippen LogP contribution in [-0.2, 0) is 0 Å². The van der Waals surface area contributed by atoms with Crippen LogP contribution in [0.1, 0.15) is 36.0 Å². The number of carbonyl (C=O) groups excluding carboxylic acids is 1. The first kappa shape index (κ1) is 13.6.